The van der Waals surface area contributed by atoms with Crippen molar-refractivity contribution in [1.29, 1.82) is 0 Å². The van der Waals surface area contributed by atoms with E-state index >= 15 is 0 Å². The molecule has 92 valence electrons. The third-order valence-corrected chi connectivity index (χ3v) is 2.51. The second-order valence-corrected chi connectivity index (χ2v) is 4.08. The smallest absolute Gasteiger partial charge is 0.333 e. The van der Waals surface area contributed by atoms with E-state index in [1.807, 2.05) is 24.3 Å². The number of ether oxygens (including phenoxy) is 1. The predicted octanol–water partition coefficient (Wildman–Crippen LogP) is 2.55. The standard InChI is InChI=1S/C13H16ClNO2/c1-10(13(16)17-2)6-7-15-9-11-4-3-5-12(14)8-11/h3-6,8,15H,7,9H2,1-2H3/b10-6+. The van der Waals surface area contributed by atoms with Crippen LogP contribution in [0.3, 0.4) is 0 Å². The zero-order valence-corrected chi connectivity index (χ0v) is 10.8. The summed E-state index contributed by atoms with van der Waals surface area (Å²) in [5, 5.41) is 3.92. The minimum absolute atomic E-state index is 0.297. The van der Waals surface area contributed by atoms with E-state index in [4.69, 9.17) is 11.6 Å². The molecule has 0 heterocycles. The van der Waals surface area contributed by atoms with Crippen molar-refractivity contribution in [3.05, 3.63) is 46.5 Å². The van der Waals surface area contributed by atoms with Crippen LogP contribution in [0.5, 0.6) is 0 Å². The highest BCUT2D eigenvalue weighted by Gasteiger charge is 2.01. The summed E-state index contributed by atoms with van der Waals surface area (Å²) < 4.78 is 4.59. The molecule has 0 aliphatic heterocycles. The zero-order chi connectivity index (χ0) is 12.7. The summed E-state index contributed by atoms with van der Waals surface area (Å²) in [4.78, 5) is 11.1. The van der Waals surface area contributed by atoms with E-state index in [0.717, 1.165) is 10.6 Å². The van der Waals surface area contributed by atoms with Gasteiger partial charge in [-0.15, -0.1) is 0 Å². The molecule has 0 saturated carbocycles. The normalized spacial score (nSPS) is 11.4. The van der Waals surface area contributed by atoms with E-state index in [1.54, 1.807) is 13.0 Å². The minimum Gasteiger partial charge on any atom is -0.466 e. The van der Waals surface area contributed by atoms with Crippen LogP contribution in [0, 0.1) is 0 Å². The van der Waals surface area contributed by atoms with Crippen LogP contribution in [0.15, 0.2) is 35.9 Å². The van der Waals surface area contributed by atoms with E-state index < -0.39 is 0 Å². The number of hydrogen-bond donors (Lipinski definition) is 1. The Labute approximate surface area is 106 Å². The molecule has 0 saturated heterocycles. The average molecular weight is 254 g/mol. The lowest BCUT2D eigenvalue weighted by molar-refractivity contribution is -0.136. The topological polar surface area (TPSA) is 38.3 Å². The number of carbonyl (C=O) groups excluding carboxylic acids is 1. The van der Waals surface area contributed by atoms with Crippen molar-refractivity contribution in [2.24, 2.45) is 0 Å². The van der Waals surface area contributed by atoms with Crippen molar-refractivity contribution in [3.8, 4) is 0 Å². The summed E-state index contributed by atoms with van der Waals surface area (Å²) in [5.74, 6) is -0.297. The van der Waals surface area contributed by atoms with E-state index in [0.29, 0.717) is 18.7 Å². The van der Waals surface area contributed by atoms with Gasteiger partial charge >= 0.3 is 5.97 Å². The third kappa shape index (κ3) is 5.02. The molecule has 1 aromatic carbocycles. The molecule has 0 aromatic heterocycles. The van der Waals surface area contributed by atoms with Crippen LogP contribution < -0.4 is 5.32 Å². The minimum atomic E-state index is -0.297. The van der Waals surface area contributed by atoms with E-state index in [2.05, 4.69) is 10.1 Å². The zero-order valence-electron chi connectivity index (χ0n) is 10.00. The van der Waals surface area contributed by atoms with Gasteiger partial charge in [0.1, 0.15) is 0 Å². The van der Waals surface area contributed by atoms with Gasteiger partial charge in [-0.05, 0) is 24.6 Å². The maximum absolute atomic E-state index is 11.1. The van der Waals surface area contributed by atoms with Gasteiger partial charge in [0.2, 0.25) is 0 Å². The molecule has 4 heteroatoms. The fourth-order valence-electron chi connectivity index (χ4n) is 1.33. The van der Waals surface area contributed by atoms with Gasteiger partial charge in [-0.1, -0.05) is 29.8 Å². The largest absolute Gasteiger partial charge is 0.466 e. The lowest BCUT2D eigenvalue weighted by Gasteiger charge is -2.03. The first-order chi connectivity index (χ1) is 8.13. The Kier molecular flexibility index (Phi) is 5.73. The summed E-state index contributed by atoms with van der Waals surface area (Å²) >= 11 is 5.87. The maximum Gasteiger partial charge on any atom is 0.333 e. The summed E-state index contributed by atoms with van der Waals surface area (Å²) in [7, 11) is 1.37. The number of rotatable bonds is 5. The summed E-state index contributed by atoms with van der Waals surface area (Å²) in [5.41, 5.74) is 1.72. The summed E-state index contributed by atoms with van der Waals surface area (Å²) in [6.45, 7) is 3.06. The Balaban J connectivity index is 2.36. The van der Waals surface area contributed by atoms with Crippen molar-refractivity contribution >= 4 is 17.6 Å². The highest BCUT2D eigenvalue weighted by atomic mass is 35.5. The maximum atomic E-state index is 11.1. The number of methoxy groups -OCH3 is 1. The molecule has 0 fully saturated rings. The van der Waals surface area contributed by atoms with Gasteiger partial charge in [0.25, 0.3) is 0 Å². The number of halogens is 1. The Morgan fingerprint density at radius 2 is 2.29 bits per heavy atom. The van der Waals surface area contributed by atoms with Crippen LogP contribution in [-0.4, -0.2) is 19.6 Å². The third-order valence-electron chi connectivity index (χ3n) is 2.28. The van der Waals surface area contributed by atoms with Crippen LogP contribution in [-0.2, 0) is 16.1 Å². The lowest BCUT2D eigenvalue weighted by Crippen LogP contribution is -2.14. The van der Waals surface area contributed by atoms with Gasteiger partial charge < -0.3 is 10.1 Å². The van der Waals surface area contributed by atoms with E-state index in [9.17, 15) is 4.79 Å². The quantitative estimate of drug-likeness (QED) is 0.498. The van der Waals surface area contributed by atoms with Gasteiger partial charge in [-0.2, -0.15) is 0 Å². The number of nitrogens with one attached hydrogen (secondary N) is 1. The van der Waals surface area contributed by atoms with Crippen LogP contribution in [0.25, 0.3) is 0 Å². The van der Waals surface area contributed by atoms with Gasteiger partial charge in [0.05, 0.1) is 7.11 Å². The highest BCUT2D eigenvalue weighted by molar-refractivity contribution is 6.30. The SMILES string of the molecule is COC(=O)/C(C)=C/CNCc1cccc(Cl)c1. The molecule has 0 amide bonds. The molecule has 17 heavy (non-hydrogen) atoms. The van der Waals surface area contributed by atoms with Crippen LogP contribution in [0.4, 0.5) is 0 Å². The number of hydrogen-bond acceptors (Lipinski definition) is 3. The van der Waals surface area contributed by atoms with Crippen molar-refractivity contribution in [3.63, 3.8) is 0 Å². The molecule has 3 nitrogen and oxygen atoms in total. The van der Waals surface area contributed by atoms with Gasteiger partial charge in [0, 0.05) is 23.7 Å². The lowest BCUT2D eigenvalue weighted by atomic mass is 10.2. The predicted molar refractivity (Wildman–Crippen MR) is 68.9 cm³/mol. The second-order valence-electron chi connectivity index (χ2n) is 3.64. The van der Waals surface area contributed by atoms with Crippen molar-refractivity contribution < 1.29 is 9.53 Å². The molecule has 0 spiro atoms. The Morgan fingerprint density at radius 3 is 2.94 bits per heavy atom. The highest BCUT2D eigenvalue weighted by Crippen LogP contribution is 2.10. The Hall–Kier alpha value is -1.32. The van der Waals surface area contributed by atoms with Crippen LogP contribution in [0.2, 0.25) is 5.02 Å². The molecule has 0 atom stereocenters. The van der Waals surface area contributed by atoms with Gasteiger partial charge in [-0.25, -0.2) is 4.79 Å². The summed E-state index contributed by atoms with van der Waals surface area (Å²) in [6, 6.07) is 7.66. The number of esters is 1. The molecule has 0 radical (unpaired) electrons. The Morgan fingerprint density at radius 1 is 1.53 bits per heavy atom. The van der Waals surface area contributed by atoms with Gasteiger partial charge in [-0.3, -0.25) is 0 Å². The van der Waals surface area contributed by atoms with E-state index in [1.165, 1.54) is 7.11 Å². The molecular weight excluding hydrogens is 238 g/mol. The van der Waals surface area contributed by atoms with Crippen LogP contribution >= 0.6 is 11.6 Å². The number of carbonyl (C=O) groups is 1. The molecule has 0 aliphatic carbocycles. The fraction of sp³-hybridized carbons (Fsp3) is 0.308. The van der Waals surface area contributed by atoms with E-state index in [-0.39, 0.29) is 5.97 Å². The molecule has 0 bridgehead atoms. The van der Waals surface area contributed by atoms with Crippen molar-refractivity contribution in [2.75, 3.05) is 13.7 Å². The Bertz CT molecular complexity index is 416. The second kappa shape index (κ2) is 7.09. The summed E-state index contributed by atoms with van der Waals surface area (Å²) in [6.07, 6.45) is 1.80. The van der Waals surface area contributed by atoms with Crippen molar-refractivity contribution in [1.82, 2.24) is 5.32 Å². The van der Waals surface area contributed by atoms with Gasteiger partial charge in [0.15, 0.2) is 0 Å². The van der Waals surface area contributed by atoms with Crippen LogP contribution in [0.1, 0.15) is 12.5 Å². The number of benzene rings is 1. The first kappa shape index (κ1) is 13.7. The van der Waals surface area contributed by atoms with Crippen molar-refractivity contribution in [2.45, 2.75) is 13.5 Å². The monoisotopic (exact) mass is 253 g/mol. The fourth-order valence-corrected chi connectivity index (χ4v) is 1.55. The molecule has 1 rings (SSSR count). The molecule has 1 N–H and O–H groups in total. The average Bonchev–Trinajstić information content (AvgIpc) is 2.33. The first-order valence-electron chi connectivity index (χ1n) is 5.33. The first-order valence-corrected chi connectivity index (χ1v) is 5.71. The molecular formula is C13H16ClNO2. The molecule has 1 aromatic rings. The molecule has 0 unspecified atom stereocenters. The molecule has 0 aliphatic rings.